The van der Waals surface area contributed by atoms with Gasteiger partial charge >= 0.3 is 0 Å². The van der Waals surface area contributed by atoms with Crippen molar-refractivity contribution >= 4 is 29.0 Å². The Morgan fingerprint density at radius 3 is 2.95 bits per heavy atom. The van der Waals surface area contributed by atoms with Gasteiger partial charge in [-0.15, -0.1) is 0 Å². The van der Waals surface area contributed by atoms with Crippen LogP contribution in [-0.4, -0.2) is 24.8 Å². The van der Waals surface area contributed by atoms with Crippen LogP contribution in [0, 0.1) is 0 Å². The molecule has 0 spiro atoms. The molecule has 1 amide bonds. The molecule has 0 saturated carbocycles. The summed E-state index contributed by atoms with van der Waals surface area (Å²) in [6, 6.07) is 8.13. The van der Waals surface area contributed by atoms with E-state index in [1.165, 1.54) is 11.2 Å². The molecule has 3 rings (SSSR count). The van der Waals surface area contributed by atoms with Crippen LogP contribution in [0.25, 0.3) is 0 Å². The normalized spacial score (nSPS) is 13.8. The van der Waals surface area contributed by atoms with Crippen LogP contribution in [0.15, 0.2) is 41.0 Å². The van der Waals surface area contributed by atoms with E-state index in [1.54, 1.807) is 30.3 Å². The summed E-state index contributed by atoms with van der Waals surface area (Å²) in [5.74, 6) is 0.171. The first-order chi connectivity index (χ1) is 9.65. The Kier molecular flexibility index (Phi) is 3.20. The molecular weight excluding hydrogens is 282 g/mol. The van der Waals surface area contributed by atoms with Crippen molar-refractivity contribution in [2.24, 2.45) is 0 Å². The van der Waals surface area contributed by atoms with Crippen LogP contribution < -0.4 is 9.64 Å². The van der Waals surface area contributed by atoms with Gasteiger partial charge in [-0.25, -0.2) is 0 Å². The first-order valence-corrected chi connectivity index (χ1v) is 6.32. The molecule has 0 N–H and O–H groups in total. The Morgan fingerprint density at radius 1 is 1.35 bits per heavy atom. The summed E-state index contributed by atoms with van der Waals surface area (Å²) in [4.78, 5) is 25.4. The first-order valence-electron chi connectivity index (χ1n) is 5.94. The fourth-order valence-corrected chi connectivity index (χ4v) is 2.17. The summed E-state index contributed by atoms with van der Waals surface area (Å²) in [6.45, 7) is -0.205. The molecule has 0 saturated heterocycles. The second kappa shape index (κ2) is 5.02. The zero-order chi connectivity index (χ0) is 14.1. The van der Waals surface area contributed by atoms with E-state index >= 15 is 0 Å². The Labute approximate surface area is 119 Å². The molecule has 0 atom stereocenters. The SMILES string of the molecule is O=C(CN1C(=O)COc2ccc(Cl)cc21)c1ccco1. The number of ether oxygens (including phenoxy) is 1. The van der Waals surface area contributed by atoms with Gasteiger partial charge in [-0.05, 0) is 30.3 Å². The number of halogens is 1. The number of anilines is 1. The lowest BCUT2D eigenvalue weighted by Gasteiger charge is -2.28. The van der Waals surface area contributed by atoms with E-state index in [0.29, 0.717) is 16.5 Å². The molecule has 0 bridgehead atoms. The summed E-state index contributed by atoms with van der Waals surface area (Å²) in [6.07, 6.45) is 1.42. The van der Waals surface area contributed by atoms with E-state index in [4.69, 9.17) is 20.8 Å². The molecule has 1 aliphatic heterocycles. The molecule has 6 heteroatoms. The number of hydrogen-bond donors (Lipinski definition) is 0. The standard InChI is InChI=1S/C14H10ClNO4/c15-9-3-4-12-10(6-9)16(14(18)8-20-12)7-11(17)13-2-1-5-19-13/h1-6H,7-8H2. The highest BCUT2D eigenvalue weighted by atomic mass is 35.5. The van der Waals surface area contributed by atoms with Crippen molar-refractivity contribution in [2.45, 2.75) is 0 Å². The maximum absolute atomic E-state index is 12.1. The van der Waals surface area contributed by atoms with Gasteiger partial charge in [0.05, 0.1) is 18.5 Å². The molecular formula is C14H10ClNO4. The molecule has 0 radical (unpaired) electrons. The predicted molar refractivity (Wildman–Crippen MR) is 72.3 cm³/mol. The van der Waals surface area contributed by atoms with Crippen LogP contribution in [0.5, 0.6) is 5.75 Å². The van der Waals surface area contributed by atoms with Crippen molar-refractivity contribution in [1.29, 1.82) is 0 Å². The smallest absolute Gasteiger partial charge is 0.265 e. The van der Waals surface area contributed by atoms with E-state index < -0.39 is 0 Å². The third kappa shape index (κ3) is 2.28. The van der Waals surface area contributed by atoms with Crippen molar-refractivity contribution < 1.29 is 18.7 Å². The van der Waals surface area contributed by atoms with E-state index in [0.717, 1.165) is 0 Å². The monoisotopic (exact) mass is 291 g/mol. The third-order valence-corrected chi connectivity index (χ3v) is 3.20. The maximum Gasteiger partial charge on any atom is 0.265 e. The highest BCUT2D eigenvalue weighted by molar-refractivity contribution is 6.31. The summed E-state index contributed by atoms with van der Waals surface area (Å²) >= 11 is 5.93. The average molecular weight is 292 g/mol. The molecule has 0 unspecified atom stereocenters. The number of fused-ring (bicyclic) bond motifs is 1. The average Bonchev–Trinajstić information content (AvgIpc) is 2.96. The summed E-state index contributed by atoms with van der Waals surface area (Å²) in [5.41, 5.74) is 0.494. The Balaban J connectivity index is 1.91. The van der Waals surface area contributed by atoms with Crippen LogP contribution in [0.2, 0.25) is 5.02 Å². The van der Waals surface area contributed by atoms with Crippen LogP contribution >= 0.6 is 11.6 Å². The number of ketones is 1. The largest absolute Gasteiger partial charge is 0.482 e. The molecule has 0 aliphatic carbocycles. The predicted octanol–water partition coefficient (Wildman–Crippen LogP) is 2.54. The number of hydrogen-bond acceptors (Lipinski definition) is 4. The lowest BCUT2D eigenvalue weighted by molar-refractivity contribution is -0.121. The second-order valence-electron chi connectivity index (χ2n) is 4.28. The van der Waals surface area contributed by atoms with Gasteiger partial charge in [0.1, 0.15) is 5.75 Å². The van der Waals surface area contributed by atoms with Crippen LogP contribution in [0.1, 0.15) is 10.6 Å². The fourth-order valence-electron chi connectivity index (χ4n) is 2.01. The maximum atomic E-state index is 12.1. The highest BCUT2D eigenvalue weighted by Crippen LogP contribution is 2.34. The zero-order valence-corrected chi connectivity index (χ0v) is 11.1. The molecule has 20 heavy (non-hydrogen) atoms. The second-order valence-corrected chi connectivity index (χ2v) is 4.72. The number of rotatable bonds is 3. The molecule has 1 aromatic carbocycles. The van der Waals surface area contributed by atoms with Gasteiger partial charge < -0.3 is 9.15 Å². The Hall–Kier alpha value is -2.27. The summed E-state index contributed by atoms with van der Waals surface area (Å²) < 4.78 is 10.3. The van der Waals surface area contributed by atoms with Gasteiger partial charge in [-0.3, -0.25) is 14.5 Å². The van der Waals surface area contributed by atoms with Gasteiger partial charge in [0.15, 0.2) is 12.4 Å². The van der Waals surface area contributed by atoms with Gasteiger partial charge in [-0.2, -0.15) is 0 Å². The van der Waals surface area contributed by atoms with Gasteiger partial charge in [-0.1, -0.05) is 11.6 Å². The number of benzene rings is 1. The van der Waals surface area contributed by atoms with Crippen LogP contribution in [-0.2, 0) is 4.79 Å². The number of carbonyl (C=O) groups excluding carboxylic acids is 2. The van der Waals surface area contributed by atoms with Crippen molar-refractivity contribution in [3.8, 4) is 5.75 Å². The van der Waals surface area contributed by atoms with Crippen LogP contribution in [0.3, 0.4) is 0 Å². The van der Waals surface area contributed by atoms with Crippen molar-refractivity contribution in [2.75, 3.05) is 18.1 Å². The van der Waals surface area contributed by atoms with Gasteiger partial charge in [0.2, 0.25) is 5.78 Å². The molecule has 2 aromatic rings. The fraction of sp³-hybridized carbons (Fsp3) is 0.143. The summed E-state index contributed by atoms with van der Waals surface area (Å²) in [5, 5.41) is 0.470. The van der Waals surface area contributed by atoms with Crippen molar-refractivity contribution in [3.63, 3.8) is 0 Å². The van der Waals surface area contributed by atoms with Crippen LogP contribution in [0.4, 0.5) is 5.69 Å². The van der Waals surface area contributed by atoms with E-state index in [-0.39, 0.29) is 30.6 Å². The first kappa shape index (κ1) is 12.7. The number of carbonyl (C=O) groups is 2. The number of furan rings is 1. The summed E-state index contributed by atoms with van der Waals surface area (Å²) in [7, 11) is 0. The lowest BCUT2D eigenvalue weighted by atomic mass is 10.2. The Morgan fingerprint density at radius 2 is 2.20 bits per heavy atom. The quantitative estimate of drug-likeness (QED) is 0.815. The number of Topliss-reactive ketones (excluding diaryl/α,β-unsaturated/α-hetero) is 1. The molecule has 5 nitrogen and oxygen atoms in total. The van der Waals surface area contributed by atoms with Crippen molar-refractivity contribution in [3.05, 3.63) is 47.4 Å². The minimum absolute atomic E-state index is 0.0972. The zero-order valence-electron chi connectivity index (χ0n) is 10.3. The van der Waals surface area contributed by atoms with E-state index in [9.17, 15) is 9.59 Å². The molecule has 2 heterocycles. The Bertz CT molecular complexity index is 666. The van der Waals surface area contributed by atoms with Gasteiger partial charge in [0.25, 0.3) is 5.91 Å². The lowest BCUT2D eigenvalue weighted by Crippen LogP contribution is -2.41. The number of amides is 1. The van der Waals surface area contributed by atoms with E-state index in [2.05, 4.69) is 0 Å². The molecule has 102 valence electrons. The van der Waals surface area contributed by atoms with Crippen molar-refractivity contribution in [1.82, 2.24) is 0 Å². The molecule has 1 aromatic heterocycles. The number of nitrogens with zero attached hydrogens (tertiary/aromatic N) is 1. The molecule has 1 aliphatic rings. The highest BCUT2D eigenvalue weighted by Gasteiger charge is 2.28. The minimum Gasteiger partial charge on any atom is -0.482 e. The van der Waals surface area contributed by atoms with Gasteiger partial charge in [0, 0.05) is 5.02 Å². The van der Waals surface area contributed by atoms with E-state index in [1.807, 2.05) is 0 Å². The third-order valence-electron chi connectivity index (χ3n) is 2.96. The molecule has 0 fully saturated rings. The minimum atomic E-state index is -0.292. The topological polar surface area (TPSA) is 59.8 Å².